The van der Waals surface area contributed by atoms with Crippen molar-refractivity contribution in [1.82, 2.24) is 4.90 Å². The van der Waals surface area contributed by atoms with Crippen LogP contribution in [0.3, 0.4) is 0 Å². The van der Waals surface area contributed by atoms with E-state index in [9.17, 15) is 4.39 Å². The summed E-state index contributed by atoms with van der Waals surface area (Å²) in [5.74, 6) is 7.18. The number of benzene rings is 1. The van der Waals surface area contributed by atoms with Crippen LogP contribution >= 0.6 is 0 Å². The van der Waals surface area contributed by atoms with E-state index in [-0.39, 0.29) is 5.82 Å². The molecule has 2 rings (SSSR count). The predicted octanol–water partition coefficient (Wildman–Crippen LogP) is 2.22. The fourth-order valence-electron chi connectivity index (χ4n) is 2.36. The van der Waals surface area contributed by atoms with Gasteiger partial charge in [-0.3, -0.25) is 0 Å². The fraction of sp³-hybridized carbons (Fsp3) is 0.500. The lowest BCUT2D eigenvalue weighted by molar-refractivity contribution is 0.307. The number of rotatable bonds is 4. The smallest absolute Gasteiger partial charge is 0.124 e. The molecule has 0 bridgehead atoms. The molecule has 0 aromatic heterocycles. The minimum Gasteiger partial charge on any atom is -0.320 e. The number of nitrogens with two attached hydrogens (primary N) is 1. The number of halogens is 1. The zero-order valence-corrected chi connectivity index (χ0v) is 11.6. The number of hydrogen-bond donors (Lipinski definition) is 1. The summed E-state index contributed by atoms with van der Waals surface area (Å²) >= 11 is 0. The van der Waals surface area contributed by atoms with Gasteiger partial charge in [0.25, 0.3) is 0 Å². The molecular weight excluding hydrogens is 239 g/mol. The molecule has 0 radical (unpaired) electrons. The highest BCUT2D eigenvalue weighted by Gasteiger charge is 2.33. The standard InChI is InChI=1S/C16H21FN2/c1-12-8-15(12)11-19(2)10-14-5-6-16(17)9-13(14)4-3-7-18/h5-6,9,12,15H,7-8,10-11,18H2,1-2H3. The number of nitrogens with zero attached hydrogens (tertiary/aromatic N) is 1. The van der Waals surface area contributed by atoms with E-state index in [2.05, 4.69) is 30.7 Å². The first-order valence-electron chi connectivity index (χ1n) is 6.76. The minimum atomic E-state index is -0.247. The van der Waals surface area contributed by atoms with E-state index in [1.54, 1.807) is 0 Å². The summed E-state index contributed by atoms with van der Waals surface area (Å²) in [6.07, 6.45) is 1.33. The van der Waals surface area contributed by atoms with Gasteiger partial charge >= 0.3 is 0 Å². The summed E-state index contributed by atoms with van der Waals surface area (Å²) in [5, 5.41) is 0. The second kappa shape index (κ2) is 6.18. The van der Waals surface area contributed by atoms with E-state index in [4.69, 9.17) is 5.73 Å². The highest BCUT2D eigenvalue weighted by Crippen LogP contribution is 2.38. The molecule has 1 saturated carbocycles. The van der Waals surface area contributed by atoms with Gasteiger partial charge < -0.3 is 10.6 Å². The van der Waals surface area contributed by atoms with Gasteiger partial charge in [-0.25, -0.2) is 4.39 Å². The van der Waals surface area contributed by atoms with Crippen molar-refractivity contribution in [3.63, 3.8) is 0 Å². The summed E-state index contributed by atoms with van der Waals surface area (Å²) in [4.78, 5) is 2.29. The first-order chi connectivity index (χ1) is 9.10. The van der Waals surface area contributed by atoms with Crippen molar-refractivity contribution in [2.24, 2.45) is 17.6 Å². The molecule has 1 aliphatic carbocycles. The van der Waals surface area contributed by atoms with Gasteiger partial charge in [0, 0.05) is 18.7 Å². The molecule has 1 aliphatic rings. The molecule has 2 unspecified atom stereocenters. The van der Waals surface area contributed by atoms with Crippen LogP contribution < -0.4 is 5.73 Å². The van der Waals surface area contributed by atoms with Crippen molar-refractivity contribution < 1.29 is 4.39 Å². The van der Waals surface area contributed by atoms with Crippen molar-refractivity contribution in [3.05, 3.63) is 35.1 Å². The van der Waals surface area contributed by atoms with Gasteiger partial charge in [-0.05, 0) is 43.0 Å². The molecule has 0 amide bonds. The predicted molar refractivity (Wildman–Crippen MR) is 75.9 cm³/mol. The van der Waals surface area contributed by atoms with Crippen molar-refractivity contribution in [2.45, 2.75) is 19.9 Å². The molecular formula is C16H21FN2. The van der Waals surface area contributed by atoms with Gasteiger partial charge in [-0.1, -0.05) is 24.8 Å². The zero-order chi connectivity index (χ0) is 13.8. The monoisotopic (exact) mass is 260 g/mol. The second-order valence-corrected chi connectivity index (χ2v) is 5.48. The molecule has 0 spiro atoms. The van der Waals surface area contributed by atoms with Gasteiger partial charge in [0.2, 0.25) is 0 Å². The Morgan fingerprint density at radius 2 is 2.21 bits per heavy atom. The van der Waals surface area contributed by atoms with Crippen LogP contribution in [0.1, 0.15) is 24.5 Å². The Labute approximate surface area is 114 Å². The van der Waals surface area contributed by atoms with Crippen LogP contribution in [0, 0.1) is 29.5 Å². The maximum absolute atomic E-state index is 13.3. The Hall–Kier alpha value is -1.37. The Morgan fingerprint density at radius 3 is 2.84 bits per heavy atom. The summed E-state index contributed by atoms with van der Waals surface area (Å²) in [6, 6.07) is 4.81. The van der Waals surface area contributed by atoms with Gasteiger partial charge in [-0.2, -0.15) is 0 Å². The second-order valence-electron chi connectivity index (χ2n) is 5.48. The summed E-state index contributed by atoms with van der Waals surface area (Å²) in [5.41, 5.74) is 7.20. The molecule has 1 aromatic carbocycles. The molecule has 0 heterocycles. The largest absolute Gasteiger partial charge is 0.320 e. The van der Waals surface area contributed by atoms with Crippen molar-refractivity contribution in [1.29, 1.82) is 0 Å². The van der Waals surface area contributed by atoms with E-state index in [0.717, 1.165) is 36.1 Å². The maximum atomic E-state index is 13.3. The third kappa shape index (κ3) is 4.05. The minimum absolute atomic E-state index is 0.247. The molecule has 102 valence electrons. The normalized spacial score (nSPS) is 21.1. The molecule has 1 aromatic rings. The third-order valence-corrected chi connectivity index (χ3v) is 3.66. The summed E-state index contributed by atoms with van der Waals surface area (Å²) in [6.45, 7) is 4.49. The lowest BCUT2D eigenvalue weighted by atomic mass is 10.1. The lowest BCUT2D eigenvalue weighted by Gasteiger charge is -2.17. The SMILES string of the molecule is CC1CC1CN(C)Cc1ccc(F)cc1C#CCN. The average Bonchev–Trinajstić information content (AvgIpc) is 3.05. The molecule has 0 aliphatic heterocycles. The summed E-state index contributed by atoms with van der Waals surface area (Å²) in [7, 11) is 2.11. The molecule has 0 saturated heterocycles. The average molecular weight is 260 g/mol. The van der Waals surface area contributed by atoms with E-state index in [1.807, 2.05) is 6.07 Å². The first-order valence-corrected chi connectivity index (χ1v) is 6.76. The van der Waals surface area contributed by atoms with E-state index < -0.39 is 0 Å². The molecule has 2 nitrogen and oxygen atoms in total. The van der Waals surface area contributed by atoms with Gasteiger partial charge in [0.15, 0.2) is 0 Å². The van der Waals surface area contributed by atoms with Crippen molar-refractivity contribution >= 4 is 0 Å². The number of hydrogen-bond acceptors (Lipinski definition) is 2. The maximum Gasteiger partial charge on any atom is 0.124 e. The molecule has 3 heteroatoms. The third-order valence-electron chi connectivity index (χ3n) is 3.66. The molecule has 2 atom stereocenters. The van der Waals surface area contributed by atoms with Crippen LogP contribution in [-0.2, 0) is 6.54 Å². The van der Waals surface area contributed by atoms with Gasteiger partial charge in [0.1, 0.15) is 5.82 Å². The zero-order valence-electron chi connectivity index (χ0n) is 11.6. The Morgan fingerprint density at radius 1 is 1.47 bits per heavy atom. The van der Waals surface area contributed by atoms with Gasteiger partial charge in [0.05, 0.1) is 6.54 Å². The Kier molecular flexibility index (Phi) is 4.57. The Bertz CT molecular complexity index is 501. The molecule has 1 fully saturated rings. The summed E-state index contributed by atoms with van der Waals surface area (Å²) < 4.78 is 13.3. The van der Waals surface area contributed by atoms with Crippen LogP contribution in [-0.4, -0.2) is 25.0 Å². The highest BCUT2D eigenvalue weighted by molar-refractivity contribution is 5.41. The van der Waals surface area contributed by atoms with Crippen LogP contribution in [0.2, 0.25) is 0 Å². The van der Waals surface area contributed by atoms with E-state index in [1.165, 1.54) is 18.6 Å². The fourth-order valence-corrected chi connectivity index (χ4v) is 2.36. The molecule has 19 heavy (non-hydrogen) atoms. The van der Waals surface area contributed by atoms with Crippen LogP contribution in [0.4, 0.5) is 4.39 Å². The Balaban J connectivity index is 2.05. The topological polar surface area (TPSA) is 29.3 Å². The van der Waals surface area contributed by atoms with Crippen molar-refractivity contribution in [3.8, 4) is 11.8 Å². The van der Waals surface area contributed by atoms with Crippen molar-refractivity contribution in [2.75, 3.05) is 20.1 Å². The van der Waals surface area contributed by atoms with Crippen LogP contribution in [0.5, 0.6) is 0 Å². The highest BCUT2D eigenvalue weighted by atomic mass is 19.1. The van der Waals surface area contributed by atoms with Crippen LogP contribution in [0.25, 0.3) is 0 Å². The first kappa shape index (κ1) is 14.0. The van der Waals surface area contributed by atoms with E-state index in [0.29, 0.717) is 6.54 Å². The lowest BCUT2D eigenvalue weighted by Crippen LogP contribution is -2.21. The van der Waals surface area contributed by atoms with Gasteiger partial charge in [-0.15, -0.1) is 0 Å². The molecule has 2 N–H and O–H groups in total. The quantitative estimate of drug-likeness (QED) is 0.841. The van der Waals surface area contributed by atoms with Crippen LogP contribution in [0.15, 0.2) is 18.2 Å². The van der Waals surface area contributed by atoms with E-state index >= 15 is 0 Å².